The van der Waals surface area contributed by atoms with Gasteiger partial charge in [0.2, 0.25) is 0 Å². The third-order valence-corrected chi connectivity index (χ3v) is 4.77. The van der Waals surface area contributed by atoms with Crippen molar-refractivity contribution in [1.82, 2.24) is 10.3 Å². The summed E-state index contributed by atoms with van der Waals surface area (Å²) in [5.74, 6) is 2.40. The Morgan fingerprint density at radius 2 is 2.08 bits per heavy atom. The predicted molar refractivity (Wildman–Crippen MR) is 103 cm³/mol. The number of benzene rings is 1. The van der Waals surface area contributed by atoms with Crippen LogP contribution in [0.4, 0.5) is 5.82 Å². The molecule has 138 valence electrons. The lowest BCUT2D eigenvalue weighted by molar-refractivity contribution is -0.123. The molecule has 5 heteroatoms. The molecule has 0 unspecified atom stereocenters. The molecule has 26 heavy (non-hydrogen) atoms. The van der Waals surface area contributed by atoms with Crippen molar-refractivity contribution in [3.05, 3.63) is 53.7 Å². The summed E-state index contributed by atoms with van der Waals surface area (Å²) < 4.78 is 5.51. The number of amides is 1. The van der Waals surface area contributed by atoms with Gasteiger partial charge in [0, 0.05) is 25.8 Å². The Hall–Kier alpha value is -2.56. The maximum atomic E-state index is 12.0. The Bertz CT molecular complexity index is 722. The molecule has 1 aromatic heterocycles. The number of carbonyl (C=O) groups excluding carboxylic acids is 1. The van der Waals surface area contributed by atoms with Gasteiger partial charge in [-0.15, -0.1) is 0 Å². The smallest absolute Gasteiger partial charge is 0.258 e. The maximum Gasteiger partial charge on any atom is 0.258 e. The van der Waals surface area contributed by atoms with E-state index < -0.39 is 0 Å². The molecular formula is C21H27N3O2. The molecule has 0 atom stereocenters. The van der Waals surface area contributed by atoms with Crippen LogP contribution in [0.3, 0.4) is 0 Å². The number of pyridine rings is 1. The molecule has 5 nitrogen and oxygen atoms in total. The fourth-order valence-corrected chi connectivity index (χ4v) is 3.05. The average molecular weight is 353 g/mol. The fraction of sp³-hybridized carbons (Fsp3) is 0.429. The molecule has 1 aromatic carbocycles. The Morgan fingerprint density at radius 3 is 2.77 bits per heavy atom. The molecule has 1 N–H and O–H groups in total. The second-order valence-corrected chi connectivity index (χ2v) is 7.08. The van der Waals surface area contributed by atoms with Crippen molar-refractivity contribution in [2.75, 3.05) is 24.6 Å². The quantitative estimate of drug-likeness (QED) is 0.865. The number of ether oxygens (including phenoxy) is 1. The Morgan fingerprint density at radius 1 is 1.27 bits per heavy atom. The minimum Gasteiger partial charge on any atom is -0.484 e. The van der Waals surface area contributed by atoms with Gasteiger partial charge in [-0.25, -0.2) is 4.98 Å². The summed E-state index contributed by atoms with van der Waals surface area (Å²) in [5.41, 5.74) is 2.10. The number of aryl methyl sites for hydroxylation is 1. The van der Waals surface area contributed by atoms with Gasteiger partial charge >= 0.3 is 0 Å². The van der Waals surface area contributed by atoms with Crippen LogP contribution < -0.4 is 15.0 Å². The van der Waals surface area contributed by atoms with Crippen LogP contribution >= 0.6 is 0 Å². The van der Waals surface area contributed by atoms with Crippen molar-refractivity contribution < 1.29 is 9.53 Å². The molecule has 0 aliphatic carbocycles. The molecule has 2 heterocycles. The van der Waals surface area contributed by atoms with E-state index in [1.807, 2.05) is 49.5 Å². The number of hydrogen-bond acceptors (Lipinski definition) is 4. The zero-order chi connectivity index (χ0) is 18.4. The first-order valence-electron chi connectivity index (χ1n) is 9.26. The largest absolute Gasteiger partial charge is 0.484 e. The lowest BCUT2D eigenvalue weighted by Gasteiger charge is -2.31. The number of hydrogen-bond donors (Lipinski definition) is 1. The van der Waals surface area contributed by atoms with E-state index in [1.54, 1.807) is 0 Å². The third kappa shape index (κ3) is 5.22. The summed E-state index contributed by atoms with van der Waals surface area (Å²) in [6.07, 6.45) is 4.29. The van der Waals surface area contributed by atoms with Crippen LogP contribution in [0.15, 0.2) is 42.6 Å². The second kappa shape index (κ2) is 8.70. The van der Waals surface area contributed by atoms with E-state index in [1.165, 1.54) is 12.8 Å². The molecule has 0 radical (unpaired) electrons. The van der Waals surface area contributed by atoms with Gasteiger partial charge in [-0.3, -0.25) is 4.79 Å². The van der Waals surface area contributed by atoms with E-state index in [0.717, 1.165) is 36.0 Å². The van der Waals surface area contributed by atoms with E-state index in [2.05, 4.69) is 22.1 Å². The molecule has 2 aromatic rings. The summed E-state index contributed by atoms with van der Waals surface area (Å²) >= 11 is 0. The highest BCUT2D eigenvalue weighted by Crippen LogP contribution is 2.21. The van der Waals surface area contributed by atoms with Crippen LogP contribution in [-0.4, -0.2) is 30.6 Å². The van der Waals surface area contributed by atoms with Crippen LogP contribution in [-0.2, 0) is 11.3 Å². The van der Waals surface area contributed by atoms with Gasteiger partial charge in [0.1, 0.15) is 11.6 Å². The highest BCUT2D eigenvalue weighted by atomic mass is 16.5. The second-order valence-electron chi connectivity index (χ2n) is 7.08. The normalized spacial score (nSPS) is 14.9. The zero-order valence-electron chi connectivity index (χ0n) is 15.6. The fourth-order valence-electron chi connectivity index (χ4n) is 3.05. The van der Waals surface area contributed by atoms with E-state index in [9.17, 15) is 4.79 Å². The number of aromatic nitrogens is 1. The first-order valence-corrected chi connectivity index (χ1v) is 9.26. The molecule has 0 spiro atoms. The summed E-state index contributed by atoms with van der Waals surface area (Å²) in [6.45, 7) is 6.91. The van der Waals surface area contributed by atoms with Crippen molar-refractivity contribution in [3.63, 3.8) is 0 Å². The number of piperidine rings is 1. The van der Waals surface area contributed by atoms with Crippen LogP contribution in [0.1, 0.15) is 30.9 Å². The van der Waals surface area contributed by atoms with Crippen molar-refractivity contribution >= 4 is 11.7 Å². The molecule has 1 aliphatic rings. The minimum atomic E-state index is -0.138. The number of carbonyl (C=O) groups is 1. The molecule has 0 saturated carbocycles. The maximum absolute atomic E-state index is 12.0. The number of rotatable bonds is 6. The summed E-state index contributed by atoms with van der Waals surface area (Å²) in [5, 5.41) is 2.87. The SMILES string of the molecule is Cc1cccc(OCC(=O)NCc2ccc(N3CCC(C)CC3)nc2)c1. The Kier molecular flexibility index (Phi) is 6.10. The minimum absolute atomic E-state index is 0.0148. The number of anilines is 1. The molecule has 1 saturated heterocycles. The predicted octanol–water partition coefficient (Wildman–Crippen LogP) is 3.32. The van der Waals surface area contributed by atoms with E-state index in [0.29, 0.717) is 12.3 Å². The van der Waals surface area contributed by atoms with Gasteiger partial charge in [-0.2, -0.15) is 0 Å². The molecule has 1 amide bonds. The topological polar surface area (TPSA) is 54.5 Å². The van der Waals surface area contributed by atoms with E-state index in [-0.39, 0.29) is 12.5 Å². The molecule has 1 aliphatic heterocycles. The average Bonchev–Trinajstić information content (AvgIpc) is 2.66. The third-order valence-electron chi connectivity index (χ3n) is 4.77. The van der Waals surface area contributed by atoms with Gasteiger partial charge < -0.3 is 15.0 Å². The summed E-state index contributed by atoms with van der Waals surface area (Å²) in [6, 6.07) is 11.7. The highest BCUT2D eigenvalue weighted by Gasteiger charge is 2.16. The Balaban J connectivity index is 1.43. The first kappa shape index (κ1) is 18.2. The molecule has 0 bridgehead atoms. The van der Waals surface area contributed by atoms with Crippen LogP contribution in [0.2, 0.25) is 0 Å². The van der Waals surface area contributed by atoms with Crippen molar-refractivity contribution in [1.29, 1.82) is 0 Å². The lowest BCUT2D eigenvalue weighted by Crippen LogP contribution is -2.33. The standard InChI is InChI=1S/C21H27N3O2/c1-16-8-10-24(11-9-16)20-7-6-18(13-22-20)14-23-21(25)15-26-19-5-3-4-17(2)12-19/h3-7,12-13,16H,8-11,14-15H2,1-2H3,(H,23,25). The van der Waals surface area contributed by atoms with E-state index in [4.69, 9.17) is 4.74 Å². The van der Waals surface area contributed by atoms with Crippen molar-refractivity contribution in [3.8, 4) is 5.75 Å². The van der Waals surface area contributed by atoms with E-state index >= 15 is 0 Å². The summed E-state index contributed by atoms with van der Waals surface area (Å²) in [7, 11) is 0. The molecule has 3 rings (SSSR count). The van der Waals surface area contributed by atoms with Crippen LogP contribution in [0.5, 0.6) is 5.75 Å². The molecule has 1 fully saturated rings. The summed E-state index contributed by atoms with van der Waals surface area (Å²) in [4.78, 5) is 18.8. The monoisotopic (exact) mass is 353 g/mol. The number of nitrogens with one attached hydrogen (secondary N) is 1. The number of nitrogens with zero attached hydrogens (tertiary/aromatic N) is 2. The highest BCUT2D eigenvalue weighted by molar-refractivity contribution is 5.77. The molecular weight excluding hydrogens is 326 g/mol. The Labute approximate surface area is 155 Å². The first-order chi connectivity index (χ1) is 12.6. The van der Waals surface area contributed by atoms with Crippen LogP contribution in [0.25, 0.3) is 0 Å². The zero-order valence-corrected chi connectivity index (χ0v) is 15.6. The lowest BCUT2D eigenvalue weighted by atomic mass is 9.99. The van der Waals surface area contributed by atoms with Gasteiger partial charge in [-0.05, 0) is 55.0 Å². The van der Waals surface area contributed by atoms with Crippen LogP contribution in [0, 0.1) is 12.8 Å². The van der Waals surface area contributed by atoms with Gasteiger partial charge in [-0.1, -0.05) is 25.1 Å². The van der Waals surface area contributed by atoms with Gasteiger partial charge in [0.05, 0.1) is 0 Å². The van der Waals surface area contributed by atoms with Gasteiger partial charge in [0.25, 0.3) is 5.91 Å². The van der Waals surface area contributed by atoms with Crippen molar-refractivity contribution in [2.45, 2.75) is 33.2 Å². The van der Waals surface area contributed by atoms with Crippen molar-refractivity contribution in [2.24, 2.45) is 5.92 Å². The van der Waals surface area contributed by atoms with Gasteiger partial charge in [0.15, 0.2) is 6.61 Å².